The molecule has 118 valence electrons. The van der Waals surface area contributed by atoms with Crippen molar-refractivity contribution in [2.24, 2.45) is 7.05 Å². The van der Waals surface area contributed by atoms with Gasteiger partial charge in [-0.15, -0.1) is 0 Å². The first-order valence-corrected chi connectivity index (χ1v) is 8.26. The van der Waals surface area contributed by atoms with E-state index in [1.54, 1.807) is 0 Å². The van der Waals surface area contributed by atoms with Crippen LogP contribution in [0.25, 0.3) is 11.5 Å². The van der Waals surface area contributed by atoms with Gasteiger partial charge in [0.25, 0.3) is 0 Å². The van der Waals surface area contributed by atoms with Crippen LogP contribution in [-0.4, -0.2) is 24.5 Å². The average molecular weight is 307 g/mol. The molecule has 0 radical (unpaired) electrons. The Morgan fingerprint density at radius 2 is 1.91 bits per heavy atom. The molecule has 0 amide bonds. The van der Waals surface area contributed by atoms with Crippen LogP contribution in [0, 0.1) is 0 Å². The zero-order valence-corrected chi connectivity index (χ0v) is 13.6. The molecular weight excluding hydrogens is 286 g/mol. The molecule has 3 aromatic rings. The molecule has 1 aromatic carbocycles. The van der Waals surface area contributed by atoms with Crippen molar-refractivity contribution in [3.63, 3.8) is 0 Å². The Kier molecular flexibility index (Phi) is 3.48. The highest BCUT2D eigenvalue weighted by Gasteiger charge is 2.28. The van der Waals surface area contributed by atoms with Gasteiger partial charge in [-0.3, -0.25) is 4.68 Å². The molecule has 0 bridgehead atoms. The molecule has 1 aliphatic carbocycles. The standard InChI is InChI=1S/C18H21N5/c1-3-17-19-18(15-11-16(14-9-10-14)22(2)20-15)23(21-17)12-13-7-5-4-6-8-13/h4-8,11,14H,3,9-10,12H2,1-2H3. The summed E-state index contributed by atoms with van der Waals surface area (Å²) in [6, 6.07) is 12.6. The minimum atomic E-state index is 0.678. The van der Waals surface area contributed by atoms with Crippen LogP contribution < -0.4 is 0 Å². The van der Waals surface area contributed by atoms with Gasteiger partial charge in [0.1, 0.15) is 5.69 Å². The van der Waals surface area contributed by atoms with Crippen LogP contribution in [0.15, 0.2) is 36.4 Å². The third-order valence-electron chi connectivity index (χ3n) is 4.35. The number of aromatic nitrogens is 5. The molecule has 0 spiro atoms. The predicted octanol–water partition coefficient (Wildman–Crippen LogP) is 3.17. The first-order chi connectivity index (χ1) is 11.2. The van der Waals surface area contributed by atoms with E-state index in [1.165, 1.54) is 24.1 Å². The van der Waals surface area contributed by atoms with Gasteiger partial charge in [0.2, 0.25) is 0 Å². The van der Waals surface area contributed by atoms with E-state index >= 15 is 0 Å². The lowest BCUT2D eigenvalue weighted by molar-refractivity contribution is 0.673. The Hall–Kier alpha value is -2.43. The molecule has 2 heterocycles. The molecule has 0 N–H and O–H groups in total. The quantitative estimate of drug-likeness (QED) is 0.727. The molecule has 5 nitrogen and oxygen atoms in total. The largest absolute Gasteiger partial charge is 0.272 e. The smallest absolute Gasteiger partial charge is 0.179 e. The third-order valence-corrected chi connectivity index (χ3v) is 4.35. The molecule has 0 saturated heterocycles. The van der Waals surface area contributed by atoms with E-state index in [2.05, 4.69) is 47.5 Å². The second-order valence-corrected chi connectivity index (χ2v) is 6.20. The van der Waals surface area contributed by atoms with Crippen LogP contribution in [0.1, 0.15) is 42.8 Å². The summed E-state index contributed by atoms with van der Waals surface area (Å²) < 4.78 is 3.98. The van der Waals surface area contributed by atoms with E-state index in [0.717, 1.165) is 30.3 Å². The van der Waals surface area contributed by atoms with Crippen molar-refractivity contribution < 1.29 is 0 Å². The molecule has 1 aliphatic rings. The monoisotopic (exact) mass is 307 g/mol. The van der Waals surface area contributed by atoms with Gasteiger partial charge in [-0.25, -0.2) is 9.67 Å². The Balaban J connectivity index is 1.72. The van der Waals surface area contributed by atoms with Crippen LogP contribution in [0.4, 0.5) is 0 Å². The average Bonchev–Trinajstić information content (AvgIpc) is 3.22. The minimum absolute atomic E-state index is 0.678. The number of rotatable bonds is 5. The molecule has 2 aromatic heterocycles. The van der Waals surface area contributed by atoms with Crippen molar-refractivity contribution in [3.8, 4) is 11.5 Å². The van der Waals surface area contributed by atoms with Gasteiger partial charge in [-0.1, -0.05) is 37.3 Å². The van der Waals surface area contributed by atoms with Crippen molar-refractivity contribution in [2.45, 2.75) is 38.6 Å². The number of hydrogen-bond donors (Lipinski definition) is 0. The molecule has 1 fully saturated rings. The fourth-order valence-corrected chi connectivity index (χ4v) is 2.95. The number of hydrogen-bond acceptors (Lipinski definition) is 3. The molecule has 4 rings (SSSR count). The summed E-state index contributed by atoms with van der Waals surface area (Å²) in [7, 11) is 2.02. The third kappa shape index (κ3) is 2.79. The molecule has 0 aliphatic heterocycles. The minimum Gasteiger partial charge on any atom is -0.272 e. The zero-order valence-electron chi connectivity index (χ0n) is 13.6. The fourth-order valence-electron chi connectivity index (χ4n) is 2.95. The van der Waals surface area contributed by atoms with E-state index in [4.69, 9.17) is 4.98 Å². The normalized spacial score (nSPS) is 14.3. The van der Waals surface area contributed by atoms with Crippen LogP contribution in [0.2, 0.25) is 0 Å². The van der Waals surface area contributed by atoms with Crippen molar-refractivity contribution in [3.05, 3.63) is 53.5 Å². The number of aryl methyl sites for hydroxylation is 2. The summed E-state index contributed by atoms with van der Waals surface area (Å²) in [5.74, 6) is 2.42. The summed E-state index contributed by atoms with van der Waals surface area (Å²) in [5.41, 5.74) is 3.46. The van der Waals surface area contributed by atoms with Crippen molar-refractivity contribution in [1.82, 2.24) is 24.5 Å². The van der Waals surface area contributed by atoms with Gasteiger partial charge in [0, 0.05) is 25.1 Å². The van der Waals surface area contributed by atoms with Crippen LogP contribution in [0.5, 0.6) is 0 Å². The van der Waals surface area contributed by atoms with E-state index in [-0.39, 0.29) is 0 Å². The van der Waals surface area contributed by atoms with Gasteiger partial charge >= 0.3 is 0 Å². The lowest BCUT2D eigenvalue weighted by Crippen LogP contribution is -2.05. The second kappa shape index (κ2) is 5.65. The number of benzene rings is 1. The highest BCUT2D eigenvalue weighted by Crippen LogP contribution is 2.40. The summed E-state index contributed by atoms with van der Waals surface area (Å²) in [6.45, 7) is 2.80. The first-order valence-electron chi connectivity index (χ1n) is 8.26. The fraction of sp³-hybridized carbons (Fsp3) is 0.389. The van der Waals surface area contributed by atoms with E-state index in [0.29, 0.717) is 5.92 Å². The summed E-state index contributed by atoms with van der Waals surface area (Å²) in [4.78, 5) is 4.71. The summed E-state index contributed by atoms with van der Waals surface area (Å²) in [5, 5.41) is 9.34. The van der Waals surface area contributed by atoms with Crippen LogP contribution in [-0.2, 0) is 20.0 Å². The molecule has 0 unspecified atom stereocenters. The molecule has 0 atom stereocenters. The number of nitrogens with zero attached hydrogens (tertiary/aromatic N) is 5. The van der Waals surface area contributed by atoms with Gasteiger partial charge in [0.15, 0.2) is 11.6 Å². The summed E-state index contributed by atoms with van der Waals surface area (Å²) in [6.07, 6.45) is 3.38. The van der Waals surface area contributed by atoms with Crippen molar-refractivity contribution >= 4 is 0 Å². The Morgan fingerprint density at radius 3 is 2.61 bits per heavy atom. The Bertz CT molecular complexity index is 811. The molecule has 1 saturated carbocycles. The van der Waals surface area contributed by atoms with Gasteiger partial charge in [-0.05, 0) is 24.5 Å². The molecular formula is C18H21N5. The van der Waals surface area contributed by atoms with E-state index in [9.17, 15) is 0 Å². The zero-order chi connectivity index (χ0) is 15.8. The molecule has 23 heavy (non-hydrogen) atoms. The Morgan fingerprint density at radius 1 is 1.13 bits per heavy atom. The molecule has 5 heteroatoms. The summed E-state index contributed by atoms with van der Waals surface area (Å²) >= 11 is 0. The van der Waals surface area contributed by atoms with Gasteiger partial charge in [0.05, 0.1) is 6.54 Å². The highest BCUT2D eigenvalue weighted by molar-refractivity contribution is 5.51. The van der Waals surface area contributed by atoms with Crippen LogP contribution in [0.3, 0.4) is 0 Å². The predicted molar refractivity (Wildman–Crippen MR) is 89.1 cm³/mol. The maximum absolute atomic E-state index is 4.71. The van der Waals surface area contributed by atoms with E-state index < -0.39 is 0 Å². The Labute approximate surface area is 136 Å². The highest BCUT2D eigenvalue weighted by atomic mass is 15.4. The second-order valence-electron chi connectivity index (χ2n) is 6.20. The maximum atomic E-state index is 4.71. The first kappa shape index (κ1) is 14.2. The van der Waals surface area contributed by atoms with E-state index in [1.807, 2.05) is 22.5 Å². The van der Waals surface area contributed by atoms with Crippen molar-refractivity contribution in [1.29, 1.82) is 0 Å². The maximum Gasteiger partial charge on any atom is 0.179 e. The lowest BCUT2D eigenvalue weighted by Gasteiger charge is -2.04. The van der Waals surface area contributed by atoms with Gasteiger partial charge in [-0.2, -0.15) is 10.2 Å². The van der Waals surface area contributed by atoms with Crippen LogP contribution >= 0.6 is 0 Å². The lowest BCUT2D eigenvalue weighted by atomic mass is 10.2. The van der Waals surface area contributed by atoms with Crippen molar-refractivity contribution in [2.75, 3.05) is 0 Å². The SMILES string of the molecule is CCc1nc(-c2cc(C3CC3)n(C)n2)n(Cc2ccccc2)n1. The topological polar surface area (TPSA) is 48.5 Å². The van der Waals surface area contributed by atoms with Gasteiger partial charge < -0.3 is 0 Å².